The van der Waals surface area contributed by atoms with Crippen LogP contribution in [0.5, 0.6) is 0 Å². The van der Waals surface area contributed by atoms with E-state index in [9.17, 15) is 13.2 Å². The lowest BCUT2D eigenvalue weighted by Gasteiger charge is -2.32. The minimum absolute atomic E-state index is 0.0399. The molecular formula is C11H22N2O5S. The summed E-state index contributed by atoms with van der Waals surface area (Å²) in [4.78, 5) is 10.8. The first-order chi connectivity index (χ1) is 8.89. The molecule has 19 heavy (non-hydrogen) atoms. The average molecular weight is 294 g/mol. The van der Waals surface area contributed by atoms with E-state index in [2.05, 4.69) is 0 Å². The average Bonchev–Trinajstić information content (AvgIpc) is 2.38. The number of carbonyl (C=O) groups is 1. The Labute approximate surface area is 113 Å². The van der Waals surface area contributed by atoms with Gasteiger partial charge in [0.05, 0.1) is 6.10 Å². The molecule has 1 fully saturated rings. The van der Waals surface area contributed by atoms with Crippen molar-refractivity contribution in [3.8, 4) is 0 Å². The van der Waals surface area contributed by atoms with Gasteiger partial charge in [-0.05, 0) is 32.7 Å². The molecule has 0 amide bonds. The van der Waals surface area contributed by atoms with Gasteiger partial charge in [0.25, 0.3) is 0 Å². The SMILES string of the molecule is CC(C(=O)O)S(=O)(=O)N1CCC(OCCCN)CC1. The predicted molar refractivity (Wildman–Crippen MR) is 70.2 cm³/mol. The zero-order valence-electron chi connectivity index (χ0n) is 11.1. The third-order valence-electron chi connectivity index (χ3n) is 3.26. The molecule has 0 aromatic rings. The van der Waals surface area contributed by atoms with Gasteiger partial charge in [0.15, 0.2) is 5.25 Å². The lowest BCUT2D eigenvalue weighted by molar-refractivity contribution is -0.136. The Hall–Kier alpha value is -0.700. The maximum absolute atomic E-state index is 12.0. The molecule has 0 aromatic heterocycles. The number of carboxylic acid groups (broad SMARTS) is 1. The Kier molecular flexibility index (Phi) is 6.18. The van der Waals surface area contributed by atoms with Crippen LogP contribution in [0.2, 0.25) is 0 Å². The normalized spacial score (nSPS) is 20.3. The van der Waals surface area contributed by atoms with Crippen molar-refractivity contribution in [2.24, 2.45) is 5.73 Å². The van der Waals surface area contributed by atoms with E-state index in [4.69, 9.17) is 15.6 Å². The van der Waals surface area contributed by atoms with Gasteiger partial charge in [0.2, 0.25) is 10.0 Å². The molecule has 0 aliphatic carbocycles. The van der Waals surface area contributed by atoms with Gasteiger partial charge in [-0.3, -0.25) is 4.79 Å². The molecule has 8 heteroatoms. The highest BCUT2D eigenvalue weighted by Crippen LogP contribution is 2.19. The maximum atomic E-state index is 12.0. The lowest BCUT2D eigenvalue weighted by atomic mass is 10.1. The molecule has 112 valence electrons. The van der Waals surface area contributed by atoms with Crippen LogP contribution in [0.4, 0.5) is 0 Å². The minimum atomic E-state index is -3.75. The molecule has 1 saturated heterocycles. The van der Waals surface area contributed by atoms with Gasteiger partial charge in [-0.2, -0.15) is 0 Å². The van der Waals surface area contributed by atoms with Gasteiger partial charge in [0, 0.05) is 19.7 Å². The number of nitrogens with zero attached hydrogens (tertiary/aromatic N) is 1. The number of piperidine rings is 1. The summed E-state index contributed by atoms with van der Waals surface area (Å²) in [5.74, 6) is -1.32. The quantitative estimate of drug-likeness (QED) is 0.619. The van der Waals surface area contributed by atoms with E-state index < -0.39 is 21.2 Å². The van der Waals surface area contributed by atoms with E-state index in [-0.39, 0.29) is 6.10 Å². The van der Waals surface area contributed by atoms with E-state index in [0.29, 0.717) is 39.1 Å². The van der Waals surface area contributed by atoms with Crippen LogP contribution in [0.15, 0.2) is 0 Å². The highest BCUT2D eigenvalue weighted by Gasteiger charge is 2.36. The number of sulfonamides is 1. The van der Waals surface area contributed by atoms with E-state index in [1.165, 1.54) is 11.2 Å². The van der Waals surface area contributed by atoms with Crippen molar-refractivity contribution in [3.63, 3.8) is 0 Å². The Morgan fingerprint density at radius 1 is 1.47 bits per heavy atom. The molecule has 0 radical (unpaired) electrons. The summed E-state index contributed by atoms with van der Waals surface area (Å²) < 4.78 is 30.8. The van der Waals surface area contributed by atoms with Crippen LogP contribution >= 0.6 is 0 Å². The van der Waals surface area contributed by atoms with Crippen LogP contribution in [-0.2, 0) is 19.6 Å². The van der Waals surface area contributed by atoms with Crippen molar-refractivity contribution in [1.29, 1.82) is 0 Å². The number of hydrogen-bond acceptors (Lipinski definition) is 5. The highest BCUT2D eigenvalue weighted by molar-refractivity contribution is 7.90. The molecule has 1 atom stereocenters. The summed E-state index contributed by atoms with van der Waals surface area (Å²) in [6.45, 7) is 2.98. The molecule has 1 unspecified atom stereocenters. The van der Waals surface area contributed by atoms with Gasteiger partial charge in [-0.25, -0.2) is 12.7 Å². The van der Waals surface area contributed by atoms with Gasteiger partial charge in [-0.1, -0.05) is 0 Å². The Morgan fingerprint density at radius 3 is 2.53 bits per heavy atom. The molecule has 7 nitrogen and oxygen atoms in total. The fraction of sp³-hybridized carbons (Fsp3) is 0.909. The van der Waals surface area contributed by atoms with Crippen molar-refractivity contribution >= 4 is 16.0 Å². The molecule has 1 aliphatic rings. The molecule has 0 bridgehead atoms. The molecule has 0 aromatic carbocycles. The van der Waals surface area contributed by atoms with Crippen LogP contribution in [0, 0.1) is 0 Å². The maximum Gasteiger partial charge on any atom is 0.323 e. The topological polar surface area (TPSA) is 110 Å². The Morgan fingerprint density at radius 2 is 2.05 bits per heavy atom. The third-order valence-corrected chi connectivity index (χ3v) is 5.44. The first kappa shape index (κ1) is 16.4. The second kappa shape index (κ2) is 7.18. The third kappa shape index (κ3) is 4.41. The van der Waals surface area contributed by atoms with Crippen molar-refractivity contribution < 1.29 is 23.1 Å². The Bertz CT molecular complexity index is 390. The van der Waals surface area contributed by atoms with Crippen LogP contribution in [-0.4, -0.2) is 61.4 Å². The molecule has 0 saturated carbocycles. The fourth-order valence-corrected chi connectivity index (χ4v) is 3.36. The van der Waals surface area contributed by atoms with Gasteiger partial charge < -0.3 is 15.6 Å². The molecule has 3 N–H and O–H groups in total. The summed E-state index contributed by atoms with van der Waals surface area (Å²) in [6.07, 6.45) is 2.01. The summed E-state index contributed by atoms with van der Waals surface area (Å²) in [7, 11) is -3.75. The van der Waals surface area contributed by atoms with Gasteiger partial charge >= 0.3 is 5.97 Å². The summed E-state index contributed by atoms with van der Waals surface area (Å²) >= 11 is 0. The van der Waals surface area contributed by atoms with Gasteiger partial charge in [0.1, 0.15) is 0 Å². The zero-order valence-corrected chi connectivity index (χ0v) is 11.9. The molecular weight excluding hydrogens is 272 g/mol. The second-order valence-corrected chi connectivity index (χ2v) is 6.89. The minimum Gasteiger partial charge on any atom is -0.480 e. The van der Waals surface area contributed by atoms with E-state index in [1.807, 2.05) is 0 Å². The van der Waals surface area contributed by atoms with E-state index >= 15 is 0 Å². The van der Waals surface area contributed by atoms with Crippen LogP contribution in [0.3, 0.4) is 0 Å². The first-order valence-electron chi connectivity index (χ1n) is 6.43. The summed E-state index contributed by atoms with van der Waals surface area (Å²) in [5, 5.41) is 7.40. The second-order valence-electron chi connectivity index (χ2n) is 4.64. The van der Waals surface area contributed by atoms with E-state index in [0.717, 1.165) is 6.42 Å². The number of aliphatic carboxylic acids is 1. The molecule has 0 spiro atoms. The lowest BCUT2D eigenvalue weighted by Crippen LogP contribution is -2.46. The van der Waals surface area contributed by atoms with Crippen LogP contribution in [0.1, 0.15) is 26.2 Å². The monoisotopic (exact) mass is 294 g/mol. The van der Waals surface area contributed by atoms with Crippen LogP contribution < -0.4 is 5.73 Å². The van der Waals surface area contributed by atoms with Crippen molar-refractivity contribution in [2.75, 3.05) is 26.2 Å². The largest absolute Gasteiger partial charge is 0.480 e. The number of hydrogen-bond donors (Lipinski definition) is 2. The number of nitrogens with two attached hydrogens (primary N) is 1. The van der Waals surface area contributed by atoms with Gasteiger partial charge in [-0.15, -0.1) is 0 Å². The smallest absolute Gasteiger partial charge is 0.323 e. The van der Waals surface area contributed by atoms with Crippen molar-refractivity contribution in [2.45, 2.75) is 37.5 Å². The number of rotatable bonds is 7. The fourth-order valence-electron chi connectivity index (χ4n) is 1.94. The van der Waals surface area contributed by atoms with Crippen molar-refractivity contribution in [3.05, 3.63) is 0 Å². The molecule has 1 aliphatic heterocycles. The van der Waals surface area contributed by atoms with Crippen molar-refractivity contribution in [1.82, 2.24) is 4.31 Å². The summed E-state index contributed by atoms with van der Waals surface area (Å²) in [6, 6.07) is 0. The summed E-state index contributed by atoms with van der Waals surface area (Å²) in [5.41, 5.74) is 5.36. The molecule has 1 rings (SSSR count). The number of ether oxygens (including phenoxy) is 1. The first-order valence-corrected chi connectivity index (χ1v) is 7.93. The predicted octanol–water partition coefficient (Wildman–Crippen LogP) is -0.381. The highest BCUT2D eigenvalue weighted by atomic mass is 32.2. The Balaban J connectivity index is 2.47. The molecule has 1 heterocycles. The van der Waals surface area contributed by atoms with E-state index in [1.54, 1.807) is 0 Å². The van der Waals surface area contributed by atoms with Crippen LogP contribution in [0.25, 0.3) is 0 Å². The standard InChI is InChI=1S/C11H22N2O5S/c1-9(11(14)15)19(16,17)13-6-3-10(4-7-13)18-8-2-5-12/h9-10H,2-8,12H2,1H3,(H,14,15). The zero-order chi connectivity index (χ0) is 14.5. The number of carboxylic acids is 1.